The topological polar surface area (TPSA) is 31.4 Å². The molecule has 0 saturated carbocycles. The number of nitrogens with zero attached hydrogens (tertiary/aromatic N) is 1. The quantitative estimate of drug-likeness (QED) is 0.150. The molecule has 0 fully saturated rings. The summed E-state index contributed by atoms with van der Waals surface area (Å²) < 4.78 is 13.7. The summed E-state index contributed by atoms with van der Waals surface area (Å²) in [7, 11) is -1.66. The molecule has 4 aromatic carbocycles. The van der Waals surface area contributed by atoms with Crippen LogP contribution in [0.5, 0.6) is 5.88 Å². The van der Waals surface area contributed by atoms with Crippen LogP contribution in [0.25, 0.3) is 11.3 Å². The first kappa shape index (κ1) is 26.2. The number of benzene rings is 4. The molecule has 0 spiro atoms. The maximum atomic E-state index is 7.10. The first-order chi connectivity index (χ1) is 19.4. The zero-order chi connectivity index (χ0) is 27.6. The third-order valence-corrected chi connectivity index (χ3v) is 9.76. The van der Waals surface area contributed by atoms with E-state index >= 15 is 0 Å². The van der Waals surface area contributed by atoms with Crippen molar-refractivity contribution in [1.29, 1.82) is 0 Å². The van der Waals surface area contributed by atoms with E-state index in [-0.39, 0.29) is 6.10 Å². The Morgan fingerprint density at radius 3 is 1.68 bits per heavy atom. The average Bonchev–Trinajstić information content (AvgIpc) is 3.41. The van der Waals surface area contributed by atoms with Crippen molar-refractivity contribution in [2.45, 2.75) is 37.8 Å². The number of rotatable bonds is 8. The molecule has 0 N–H and O–H groups in total. The fourth-order valence-corrected chi connectivity index (χ4v) is 7.46. The Morgan fingerprint density at radius 1 is 0.725 bits per heavy atom. The Morgan fingerprint density at radius 2 is 1.20 bits per heavy atom. The van der Waals surface area contributed by atoms with Gasteiger partial charge in [-0.1, -0.05) is 141 Å². The van der Waals surface area contributed by atoms with Crippen molar-refractivity contribution in [2.24, 2.45) is 0 Å². The molecule has 1 aliphatic heterocycles. The lowest BCUT2D eigenvalue weighted by molar-refractivity contribution is -0.0257. The molecule has 40 heavy (non-hydrogen) atoms. The Labute approximate surface area is 238 Å². The molecule has 200 valence electrons. The highest BCUT2D eigenvalue weighted by Gasteiger charge is 2.40. The summed E-state index contributed by atoms with van der Waals surface area (Å²) in [6.07, 6.45) is 0.671. The Balaban J connectivity index is 1.38. The Bertz CT molecular complexity index is 1470. The fourth-order valence-electron chi connectivity index (χ4n) is 5.78. The molecule has 0 aliphatic carbocycles. The lowest BCUT2D eigenvalue weighted by Crippen LogP contribution is -2.40. The van der Waals surface area contributed by atoms with Gasteiger partial charge in [-0.25, -0.2) is 4.98 Å². The van der Waals surface area contributed by atoms with Crippen LogP contribution in [0, 0.1) is 0 Å². The maximum Gasteiger partial charge on any atom is 0.217 e. The summed E-state index contributed by atoms with van der Waals surface area (Å²) in [6, 6.07) is 44.3. The SMILES string of the molecule is C[Si](C)(C)c1cc(-c2ccccc2)nc2c1CC(COC(c1ccccc1)(c1ccccc1)c1ccccc1)O2. The van der Waals surface area contributed by atoms with Crippen molar-refractivity contribution in [1.82, 2.24) is 4.98 Å². The lowest BCUT2D eigenvalue weighted by Gasteiger charge is -2.36. The lowest BCUT2D eigenvalue weighted by atomic mass is 9.80. The van der Waals surface area contributed by atoms with Crippen LogP contribution in [0.3, 0.4) is 0 Å². The van der Waals surface area contributed by atoms with E-state index in [1.807, 2.05) is 6.07 Å². The van der Waals surface area contributed by atoms with E-state index in [0.29, 0.717) is 6.61 Å². The van der Waals surface area contributed by atoms with Gasteiger partial charge in [0.05, 0.1) is 20.4 Å². The van der Waals surface area contributed by atoms with Crippen molar-refractivity contribution in [3.8, 4) is 17.1 Å². The first-order valence-electron chi connectivity index (χ1n) is 14.0. The van der Waals surface area contributed by atoms with Gasteiger partial charge >= 0.3 is 0 Å². The molecule has 3 nitrogen and oxygen atoms in total. The summed E-state index contributed by atoms with van der Waals surface area (Å²) in [5.41, 5.74) is 5.85. The standard InChI is InChI=1S/C36H35NO2Si/c1-40(2,3)34-25-33(27-16-8-4-9-17-27)37-35-32(34)24-31(39-35)26-38-36(28-18-10-5-11-19-28,29-20-12-6-13-21-29)30-22-14-7-15-23-30/h4-23,25,31H,24,26H2,1-3H3. The van der Waals surface area contributed by atoms with Gasteiger partial charge in [-0.05, 0) is 27.9 Å². The van der Waals surface area contributed by atoms with Crippen molar-refractivity contribution in [2.75, 3.05) is 6.61 Å². The minimum atomic E-state index is -1.66. The minimum Gasteiger partial charge on any atom is -0.471 e. The maximum absolute atomic E-state index is 7.10. The molecule has 5 aromatic rings. The Kier molecular flexibility index (Phi) is 7.14. The van der Waals surface area contributed by atoms with Crippen LogP contribution in [0.15, 0.2) is 127 Å². The van der Waals surface area contributed by atoms with Crippen molar-refractivity contribution >= 4 is 13.3 Å². The summed E-state index contributed by atoms with van der Waals surface area (Å²) >= 11 is 0. The van der Waals surface area contributed by atoms with Gasteiger partial charge in [0.1, 0.15) is 11.7 Å². The van der Waals surface area contributed by atoms with Crippen LogP contribution >= 0.6 is 0 Å². The van der Waals surface area contributed by atoms with Gasteiger partial charge in [-0.2, -0.15) is 0 Å². The molecule has 6 rings (SSSR count). The molecule has 0 amide bonds. The van der Waals surface area contributed by atoms with E-state index in [1.54, 1.807) is 0 Å². The van der Waals surface area contributed by atoms with Crippen molar-refractivity contribution < 1.29 is 9.47 Å². The van der Waals surface area contributed by atoms with Gasteiger partial charge in [0.25, 0.3) is 0 Å². The second-order valence-corrected chi connectivity index (χ2v) is 16.5. The van der Waals surface area contributed by atoms with Gasteiger partial charge in [0.2, 0.25) is 5.88 Å². The zero-order valence-electron chi connectivity index (χ0n) is 23.4. The van der Waals surface area contributed by atoms with Crippen molar-refractivity contribution in [3.05, 3.63) is 150 Å². The van der Waals surface area contributed by atoms with Crippen LogP contribution < -0.4 is 9.92 Å². The highest BCUT2D eigenvalue weighted by atomic mass is 28.3. The van der Waals surface area contributed by atoms with Crippen LogP contribution in [0.2, 0.25) is 19.6 Å². The number of hydrogen-bond acceptors (Lipinski definition) is 3. The third kappa shape index (κ3) is 5.01. The monoisotopic (exact) mass is 541 g/mol. The van der Waals surface area contributed by atoms with E-state index in [4.69, 9.17) is 14.5 Å². The van der Waals surface area contributed by atoms with Gasteiger partial charge in [-0.3, -0.25) is 0 Å². The predicted molar refractivity (Wildman–Crippen MR) is 166 cm³/mol. The van der Waals surface area contributed by atoms with E-state index < -0.39 is 13.7 Å². The predicted octanol–water partition coefficient (Wildman–Crippen LogP) is 7.61. The molecule has 0 bridgehead atoms. The average molecular weight is 542 g/mol. The molecular formula is C36H35NO2Si. The first-order valence-corrected chi connectivity index (χ1v) is 17.5. The number of hydrogen-bond donors (Lipinski definition) is 0. The largest absolute Gasteiger partial charge is 0.471 e. The molecule has 1 aliphatic rings. The number of fused-ring (bicyclic) bond motifs is 1. The van der Waals surface area contributed by atoms with Crippen LogP contribution in [0.4, 0.5) is 0 Å². The second kappa shape index (κ2) is 10.9. The zero-order valence-corrected chi connectivity index (χ0v) is 24.4. The number of ether oxygens (including phenoxy) is 2. The Hall–Kier alpha value is -3.99. The smallest absolute Gasteiger partial charge is 0.217 e. The van der Waals surface area contributed by atoms with Crippen LogP contribution in [0.1, 0.15) is 22.3 Å². The van der Waals surface area contributed by atoms with Gasteiger partial charge in [-0.15, -0.1) is 0 Å². The van der Waals surface area contributed by atoms with Crippen LogP contribution in [-0.2, 0) is 16.8 Å². The molecule has 1 aromatic heterocycles. The minimum absolute atomic E-state index is 0.126. The highest BCUT2D eigenvalue weighted by molar-refractivity contribution is 6.89. The molecule has 4 heteroatoms. The van der Waals surface area contributed by atoms with Gasteiger partial charge < -0.3 is 9.47 Å². The van der Waals surface area contributed by atoms with Gasteiger partial charge in [0.15, 0.2) is 0 Å². The molecule has 2 heterocycles. The van der Waals surface area contributed by atoms with Crippen LogP contribution in [-0.4, -0.2) is 25.8 Å². The molecule has 0 radical (unpaired) electrons. The normalized spacial score (nSPS) is 14.9. The number of aromatic nitrogens is 1. The van der Waals surface area contributed by atoms with Crippen molar-refractivity contribution in [3.63, 3.8) is 0 Å². The highest BCUT2D eigenvalue weighted by Crippen LogP contribution is 2.41. The van der Waals surface area contributed by atoms with E-state index in [1.165, 1.54) is 10.8 Å². The summed E-state index contributed by atoms with van der Waals surface area (Å²) in [5.74, 6) is 0.761. The number of pyridine rings is 1. The molecule has 0 saturated heterocycles. The molecule has 1 atom stereocenters. The second-order valence-electron chi connectivity index (χ2n) is 11.5. The summed E-state index contributed by atoms with van der Waals surface area (Å²) in [5, 5.41) is 1.42. The fraction of sp³-hybridized carbons (Fsp3) is 0.194. The van der Waals surface area contributed by atoms with E-state index in [2.05, 4.69) is 141 Å². The van der Waals surface area contributed by atoms with E-state index in [9.17, 15) is 0 Å². The van der Waals surface area contributed by atoms with Gasteiger partial charge in [0, 0.05) is 17.5 Å². The summed E-state index contributed by atoms with van der Waals surface area (Å²) in [6.45, 7) is 7.62. The van der Waals surface area contributed by atoms with E-state index in [0.717, 1.165) is 40.2 Å². The summed E-state index contributed by atoms with van der Waals surface area (Å²) in [4.78, 5) is 5.01. The molecule has 1 unspecified atom stereocenters. The molecular weight excluding hydrogens is 506 g/mol. The third-order valence-electron chi connectivity index (χ3n) is 7.70.